The first-order valence-corrected chi connectivity index (χ1v) is 8.28. The van der Waals surface area contributed by atoms with Gasteiger partial charge < -0.3 is 5.32 Å². The lowest BCUT2D eigenvalue weighted by molar-refractivity contribution is -0.137. The molecule has 0 bridgehead atoms. The predicted molar refractivity (Wildman–Crippen MR) is 93.7 cm³/mol. The molecule has 0 saturated heterocycles. The Labute approximate surface area is 167 Å². The van der Waals surface area contributed by atoms with Gasteiger partial charge in [-0.3, -0.25) is 4.79 Å². The lowest BCUT2D eigenvalue weighted by atomic mass is 10.0. The van der Waals surface area contributed by atoms with Gasteiger partial charge in [0.15, 0.2) is 5.82 Å². The van der Waals surface area contributed by atoms with Crippen LogP contribution in [0.4, 0.5) is 13.2 Å². The zero-order valence-corrected chi connectivity index (χ0v) is 15.2. The molecule has 0 saturated carbocycles. The van der Waals surface area contributed by atoms with Gasteiger partial charge in [-0.1, -0.05) is 0 Å². The molecule has 150 valence electrons. The van der Waals surface area contributed by atoms with Crippen LogP contribution < -0.4 is 5.32 Å². The molecule has 1 N–H and O–H groups in total. The minimum atomic E-state index is -4.71. The largest absolute Gasteiger partial charge is 0.416 e. The Morgan fingerprint density at radius 2 is 1.77 bits per heavy atom. The first kappa shape index (κ1) is 20.4. The van der Waals surface area contributed by atoms with Crippen molar-refractivity contribution in [2.75, 3.05) is 0 Å². The highest BCUT2D eigenvalue weighted by Crippen LogP contribution is 2.30. The van der Waals surface area contributed by atoms with E-state index in [4.69, 9.17) is 10.5 Å². The summed E-state index contributed by atoms with van der Waals surface area (Å²) in [6.45, 7) is 1.54. The number of halogens is 3. The van der Waals surface area contributed by atoms with Gasteiger partial charge in [-0.25, -0.2) is 15.0 Å². The van der Waals surface area contributed by atoms with Crippen LogP contribution in [0.25, 0.3) is 5.95 Å². The average molecular weight is 412 g/mol. The van der Waals surface area contributed by atoms with Crippen molar-refractivity contribution >= 4 is 5.91 Å². The number of alkyl halides is 3. The maximum absolute atomic E-state index is 13.0. The minimum absolute atomic E-state index is 0.0911. The van der Waals surface area contributed by atoms with Gasteiger partial charge in [0, 0.05) is 5.56 Å². The number of hydrogen-bond acceptors (Lipinski definition) is 7. The van der Waals surface area contributed by atoms with E-state index >= 15 is 0 Å². The van der Waals surface area contributed by atoms with Gasteiger partial charge in [0.1, 0.15) is 12.4 Å². The maximum atomic E-state index is 13.0. The number of nitrogens with one attached hydrogen (secondary N) is 1. The third kappa shape index (κ3) is 4.23. The van der Waals surface area contributed by atoms with Gasteiger partial charge in [0.25, 0.3) is 11.9 Å². The summed E-state index contributed by atoms with van der Waals surface area (Å²) in [4.78, 5) is 24.5. The molecule has 0 fully saturated rings. The van der Waals surface area contributed by atoms with Gasteiger partial charge in [-0.05, 0) is 25.1 Å². The number of hydrogen-bond donors (Lipinski definition) is 1. The summed E-state index contributed by atoms with van der Waals surface area (Å²) >= 11 is 0. The van der Waals surface area contributed by atoms with E-state index in [0.29, 0.717) is 12.1 Å². The topological polar surface area (TPSA) is 133 Å². The van der Waals surface area contributed by atoms with E-state index in [1.165, 1.54) is 23.4 Å². The normalized spacial score (nSPS) is 11.9. The second-order valence-corrected chi connectivity index (χ2v) is 6.02. The zero-order chi connectivity index (χ0) is 21.9. The predicted octanol–water partition coefficient (Wildman–Crippen LogP) is 2.31. The van der Waals surface area contributed by atoms with Crippen LogP contribution in [0.2, 0.25) is 0 Å². The van der Waals surface area contributed by atoms with Crippen molar-refractivity contribution in [1.82, 2.24) is 30.0 Å². The van der Waals surface area contributed by atoms with Crippen molar-refractivity contribution in [3.8, 4) is 18.1 Å². The van der Waals surface area contributed by atoms with Crippen molar-refractivity contribution in [2.45, 2.75) is 19.1 Å². The van der Waals surface area contributed by atoms with Crippen molar-refractivity contribution in [3.05, 3.63) is 65.0 Å². The Hall–Kier alpha value is -4.32. The third-order valence-corrected chi connectivity index (χ3v) is 3.92. The number of carbonyl (C=O) groups excluding carboxylic acids is 1. The Morgan fingerprint density at radius 3 is 2.37 bits per heavy atom. The van der Waals surface area contributed by atoms with Gasteiger partial charge >= 0.3 is 6.18 Å². The fraction of sp³-hybridized carbons (Fsp3) is 0.167. The highest BCUT2D eigenvalue weighted by atomic mass is 19.4. The number of aromatic nitrogens is 5. The maximum Gasteiger partial charge on any atom is 0.416 e. The highest BCUT2D eigenvalue weighted by molar-refractivity contribution is 5.95. The van der Waals surface area contributed by atoms with Gasteiger partial charge in [0.2, 0.25) is 0 Å². The Morgan fingerprint density at radius 1 is 1.10 bits per heavy atom. The van der Waals surface area contributed by atoms with Crippen LogP contribution in [-0.2, 0) is 6.18 Å². The van der Waals surface area contributed by atoms with E-state index in [1.54, 1.807) is 13.0 Å². The van der Waals surface area contributed by atoms with E-state index < -0.39 is 23.7 Å². The smallest absolute Gasteiger partial charge is 0.342 e. The highest BCUT2D eigenvalue weighted by Gasteiger charge is 2.32. The zero-order valence-electron chi connectivity index (χ0n) is 15.2. The SMILES string of the molecule is CC(NC(=O)c1cc(C#N)cc(C(F)(F)F)c1)c1ncnn1-c1ncc(C#N)cn1. The summed E-state index contributed by atoms with van der Waals surface area (Å²) in [7, 11) is 0. The summed E-state index contributed by atoms with van der Waals surface area (Å²) in [5, 5.41) is 24.3. The van der Waals surface area contributed by atoms with Crippen LogP contribution in [0.1, 0.15) is 45.8 Å². The summed E-state index contributed by atoms with van der Waals surface area (Å²) in [6, 6.07) is 5.08. The molecule has 1 atom stereocenters. The molecule has 1 unspecified atom stereocenters. The lowest BCUT2D eigenvalue weighted by Gasteiger charge is -2.15. The van der Waals surface area contributed by atoms with E-state index in [2.05, 4.69) is 25.4 Å². The van der Waals surface area contributed by atoms with Gasteiger partial charge in [-0.2, -0.15) is 33.5 Å². The van der Waals surface area contributed by atoms with Gasteiger partial charge in [-0.15, -0.1) is 0 Å². The van der Waals surface area contributed by atoms with Crippen LogP contribution >= 0.6 is 0 Å². The molecule has 0 aliphatic rings. The van der Waals surface area contributed by atoms with Crippen LogP contribution in [0.15, 0.2) is 36.9 Å². The van der Waals surface area contributed by atoms with E-state index in [9.17, 15) is 18.0 Å². The molecule has 2 heterocycles. The van der Waals surface area contributed by atoms with Crippen LogP contribution in [0, 0.1) is 22.7 Å². The molecule has 0 aliphatic carbocycles. The van der Waals surface area contributed by atoms with E-state index in [-0.39, 0.29) is 28.5 Å². The Kier molecular flexibility index (Phi) is 5.42. The molecule has 2 aromatic heterocycles. The van der Waals surface area contributed by atoms with Crippen LogP contribution in [0.5, 0.6) is 0 Å². The molecular weight excluding hydrogens is 401 g/mol. The number of benzene rings is 1. The number of nitriles is 2. The summed E-state index contributed by atoms with van der Waals surface area (Å²) in [5.41, 5.74) is -1.49. The molecule has 1 aromatic carbocycles. The summed E-state index contributed by atoms with van der Waals surface area (Å²) in [5.74, 6) is -0.533. The summed E-state index contributed by atoms with van der Waals surface area (Å²) in [6.07, 6.45) is -0.954. The molecule has 0 spiro atoms. The van der Waals surface area contributed by atoms with E-state index in [1.807, 2.05) is 6.07 Å². The summed E-state index contributed by atoms with van der Waals surface area (Å²) < 4.78 is 40.3. The molecule has 12 heteroatoms. The minimum Gasteiger partial charge on any atom is -0.342 e. The Bertz CT molecular complexity index is 1170. The molecule has 1 amide bonds. The molecule has 9 nitrogen and oxygen atoms in total. The fourth-order valence-corrected chi connectivity index (χ4v) is 2.52. The number of amides is 1. The second kappa shape index (κ2) is 7.97. The third-order valence-electron chi connectivity index (χ3n) is 3.92. The molecule has 0 radical (unpaired) electrons. The number of nitrogens with zero attached hydrogens (tertiary/aromatic N) is 7. The van der Waals surface area contributed by atoms with Crippen LogP contribution in [-0.4, -0.2) is 30.6 Å². The second-order valence-electron chi connectivity index (χ2n) is 6.02. The number of carbonyl (C=O) groups is 1. The Balaban J connectivity index is 1.86. The molecule has 30 heavy (non-hydrogen) atoms. The first-order valence-electron chi connectivity index (χ1n) is 8.28. The van der Waals surface area contributed by atoms with Crippen molar-refractivity contribution in [3.63, 3.8) is 0 Å². The van der Waals surface area contributed by atoms with Gasteiger partial charge in [0.05, 0.1) is 41.2 Å². The average Bonchev–Trinajstić information content (AvgIpc) is 3.22. The van der Waals surface area contributed by atoms with Crippen molar-refractivity contribution in [2.24, 2.45) is 0 Å². The molecule has 0 aliphatic heterocycles. The monoisotopic (exact) mass is 412 g/mol. The first-order chi connectivity index (χ1) is 14.2. The standard InChI is InChI=1S/C18H11F3N8O/c1-10(15-26-9-27-29(15)17-24-7-12(6-23)8-25-17)28-16(30)13-2-11(5-22)3-14(4-13)18(19,20)21/h2-4,7-10H,1H3,(H,28,30). The van der Waals surface area contributed by atoms with E-state index in [0.717, 1.165) is 6.07 Å². The fourth-order valence-electron chi connectivity index (χ4n) is 2.52. The quantitative estimate of drug-likeness (QED) is 0.695. The van der Waals surface area contributed by atoms with Crippen molar-refractivity contribution in [1.29, 1.82) is 10.5 Å². The van der Waals surface area contributed by atoms with Crippen LogP contribution in [0.3, 0.4) is 0 Å². The lowest BCUT2D eigenvalue weighted by Crippen LogP contribution is -2.29. The van der Waals surface area contributed by atoms with Crippen molar-refractivity contribution < 1.29 is 18.0 Å². The molecule has 3 rings (SSSR count). The molecule has 3 aromatic rings. The molecular formula is C18H11F3N8O. The number of rotatable bonds is 4.